The van der Waals surface area contributed by atoms with Gasteiger partial charge in [-0.2, -0.15) is 0 Å². The van der Waals surface area contributed by atoms with E-state index in [1.54, 1.807) is 0 Å². The van der Waals surface area contributed by atoms with Crippen LogP contribution in [0.15, 0.2) is 18.2 Å². The minimum atomic E-state index is -3.66. The summed E-state index contributed by atoms with van der Waals surface area (Å²) < 4.78 is 24.1. The number of rotatable bonds is 2. The fourth-order valence-electron chi connectivity index (χ4n) is 1.66. The highest BCUT2D eigenvalue weighted by Crippen LogP contribution is 2.29. The summed E-state index contributed by atoms with van der Waals surface area (Å²) in [4.78, 5) is 22.7. The quantitative estimate of drug-likeness (QED) is 0.781. The second kappa shape index (κ2) is 4.53. The molecule has 0 N–H and O–H groups in total. The van der Waals surface area contributed by atoms with Gasteiger partial charge in [0.05, 0.1) is 22.0 Å². The molecular formula is C10H7Cl2NO4S. The van der Waals surface area contributed by atoms with E-state index in [1.165, 1.54) is 18.2 Å². The van der Waals surface area contributed by atoms with E-state index in [1.807, 2.05) is 0 Å². The summed E-state index contributed by atoms with van der Waals surface area (Å²) in [5.41, 5.74) is 0.0385. The van der Waals surface area contributed by atoms with Crippen LogP contribution in [0.1, 0.15) is 16.8 Å². The number of sulfonamides is 1. The molecular weight excluding hydrogens is 301 g/mol. The first-order chi connectivity index (χ1) is 8.33. The summed E-state index contributed by atoms with van der Waals surface area (Å²) in [6, 6.07) is 3.87. The van der Waals surface area contributed by atoms with Crippen LogP contribution in [-0.2, 0) is 14.8 Å². The highest BCUT2D eigenvalue weighted by atomic mass is 35.5. The molecule has 1 aromatic carbocycles. The SMILES string of the molecule is O=C(Cl)c1cc(N2C(=O)CCS2(=O)=O)ccc1Cl. The molecule has 0 unspecified atom stereocenters. The molecule has 5 nitrogen and oxygen atoms in total. The topological polar surface area (TPSA) is 71.5 Å². The van der Waals surface area contributed by atoms with Gasteiger partial charge in [-0.05, 0) is 29.8 Å². The molecule has 2 rings (SSSR count). The Hall–Kier alpha value is -1.11. The molecule has 1 heterocycles. The largest absolute Gasteiger partial charge is 0.276 e. The van der Waals surface area contributed by atoms with Crippen molar-refractivity contribution in [3.63, 3.8) is 0 Å². The van der Waals surface area contributed by atoms with Crippen molar-refractivity contribution in [2.75, 3.05) is 10.1 Å². The van der Waals surface area contributed by atoms with E-state index >= 15 is 0 Å². The lowest BCUT2D eigenvalue weighted by molar-refractivity contribution is -0.116. The summed E-state index contributed by atoms with van der Waals surface area (Å²) >= 11 is 11.1. The van der Waals surface area contributed by atoms with Gasteiger partial charge in [-0.15, -0.1) is 0 Å². The number of nitrogens with zero attached hydrogens (tertiary/aromatic N) is 1. The lowest BCUT2D eigenvalue weighted by Crippen LogP contribution is -2.29. The number of anilines is 1. The molecule has 0 bridgehead atoms. The second-order valence-electron chi connectivity index (χ2n) is 3.66. The van der Waals surface area contributed by atoms with Gasteiger partial charge in [-0.3, -0.25) is 9.59 Å². The van der Waals surface area contributed by atoms with Crippen molar-refractivity contribution < 1.29 is 18.0 Å². The van der Waals surface area contributed by atoms with E-state index < -0.39 is 21.2 Å². The van der Waals surface area contributed by atoms with Gasteiger partial charge in [0.15, 0.2) is 0 Å². The Kier molecular flexibility index (Phi) is 3.35. The van der Waals surface area contributed by atoms with Crippen LogP contribution in [0, 0.1) is 0 Å². The van der Waals surface area contributed by atoms with Crippen LogP contribution in [0.5, 0.6) is 0 Å². The molecule has 1 aliphatic heterocycles. The first kappa shape index (κ1) is 13.3. The first-order valence-corrected chi connectivity index (χ1v) is 7.24. The predicted octanol–water partition coefficient (Wildman–Crippen LogP) is 1.79. The lowest BCUT2D eigenvalue weighted by atomic mass is 10.2. The number of hydrogen-bond acceptors (Lipinski definition) is 4. The molecule has 1 aromatic rings. The van der Waals surface area contributed by atoms with Crippen molar-refractivity contribution in [1.82, 2.24) is 0 Å². The molecule has 0 radical (unpaired) electrons. The molecule has 0 atom stereocenters. The van der Waals surface area contributed by atoms with Crippen molar-refractivity contribution in [2.24, 2.45) is 0 Å². The maximum Gasteiger partial charge on any atom is 0.253 e. The van der Waals surface area contributed by atoms with E-state index in [0.29, 0.717) is 4.31 Å². The van der Waals surface area contributed by atoms with E-state index in [-0.39, 0.29) is 28.4 Å². The Balaban J connectivity index is 2.56. The molecule has 1 saturated heterocycles. The fraction of sp³-hybridized carbons (Fsp3) is 0.200. The van der Waals surface area contributed by atoms with Crippen LogP contribution in [0.4, 0.5) is 5.69 Å². The molecule has 1 fully saturated rings. The van der Waals surface area contributed by atoms with Crippen molar-refractivity contribution in [2.45, 2.75) is 6.42 Å². The van der Waals surface area contributed by atoms with Crippen LogP contribution in [-0.4, -0.2) is 25.3 Å². The minimum Gasteiger partial charge on any atom is -0.276 e. The summed E-state index contributed by atoms with van der Waals surface area (Å²) in [7, 11) is -3.66. The average Bonchev–Trinajstić information content (AvgIpc) is 2.54. The first-order valence-electron chi connectivity index (χ1n) is 4.88. The Morgan fingerprint density at radius 2 is 2.00 bits per heavy atom. The Morgan fingerprint density at radius 1 is 1.33 bits per heavy atom. The molecule has 1 aliphatic rings. The van der Waals surface area contributed by atoms with Gasteiger partial charge < -0.3 is 0 Å². The lowest BCUT2D eigenvalue weighted by Gasteiger charge is -2.15. The second-order valence-corrected chi connectivity index (χ2v) is 6.35. The summed E-state index contributed by atoms with van der Waals surface area (Å²) in [5, 5.41) is -0.714. The molecule has 0 aliphatic carbocycles. The highest BCUT2D eigenvalue weighted by molar-refractivity contribution is 7.94. The third-order valence-electron chi connectivity index (χ3n) is 2.47. The Morgan fingerprint density at radius 3 is 2.50 bits per heavy atom. The summed E-state index contributed by atoms with van der Waals surface area (Å²) in [6.07, 6.45) is -0.0743. The van der Waals surface area contributed by atoms with E-state index in [4.69, 9.17) is 23.2 Å². The van der Waals surface area contributed by atoms with Gasteiger partial charge in [0.1, 0.15) is 0 Å². The molecule has 0 spiro atoms. The monoisotopic (exact) mass is 307 g/mol. The third kappa shape index (κ3) is 2.23. The van der Waals surface area contributed by atoms with Crippen LogP contribution in [0.3, 0.4) is 0 Å². The van der Waals surface area contributed by atoms with E-state index in [0.717, 1.165) is 0 Å². The van der Waals surface area contributed by atoms with Gasteiger partial charge in [0, 0.05) is 6.42 Å². The minimum absolute atomic E-state index is 0.0364. The number of carbonyl (C=O) groups excluding carboxylic acids is 2. The third-order valence-corrected chi connectivity index (χ3v) is 4.70. The smallest absolute Gasteiger partial charge is 0.253 e. The molecule has 8 heteroatoms. The van der Waals surface area contributed by atoms with E-state index in [9.17, 15) is 18.0 Å². The number of amides is 1. The van der Waals surface area contributed by atoms with Gasteiger partial charge >= 0.3 is 0 Å². The van der Waals surface area contributed by atoms with Crippen molar-refractivity contribution in [3.05, 3.63) is 28.8 Å². The molecule has 1 amide bonds. The number of benzene rings is 1. The predicted molar refractivity (Wildman–Crippen MR) is 67.5 cm³/mol. The maximum absolute atomic E-state index is 11.7. The number of halogens is 2. The van der Waals surface area contributed by atoms with Crippen LogP contribution < -0.4 is 4.31 Å². The van der Waals surface area contributed by atoms with Crippen molar-refractivity contribution >= 4 is 50.1 Å². The zero-order chi connectivity index (χ0) is 13.5. The van der Waals surface area contributed by atoms with Gasteiger partial charge in [-0.1, -0.05) is 11.6 Å². The van der Waals surface area contributed by atoms with Gasteiger partial charge in [-0.25, -0.2) is 12.7 Å². The number of carbonyl (C=O) groups is 2. The number of hydrogen-bond donors (Lipinski definition) is 0. The molecule has 0 saturated carbocycles. The normalized spacial score (nSPS) is 18.1. The Labute approximate surface area is 113 Å². The molecule has 18 heavy (non-hydrogen) atoms. The fourth-order valence-corrected chi connectivity index (χ4v) is 3.52. The van der Waals surface area contributed by atoms with Crippen molar-refractivity contribution in [1.29, 1.82) is 0 Å². The van der Waals surface area contributed by atoms with Crippen LogP contribution in [0.2, 0.25) is 5.02 Å². The molecule has 0 aromatic heterocycles. The zero-order valence-electron chi connectivity index (χ0n) is 8.89. The average molecular weight is 308 g/mol. The van der Waals surface area contributed by atoms with Crippen molar-refractivity contribution in [3.8, 4) is 0 Å². The zero-order valence-corrected chi connectivity index (χ0v) is 11.2. The van der Waals surface area contributed by atoms with E-state index in [2.05, 4.69) is 0 Å². The molecule has 96 valence electrons. The summed E-state index contributed by atoms with van der Waals surface area (Å²) in [6.45, 7) is 0. The Bertz CT molecular complexity index is 641. The summed E-state index contributed by atoms with van der Waals surface area (Å²) in [5.74, 6) is -0.774. The van der Waals surface area contributed by atoms with Crippen LogP contribution >= 0.6 is 23.2 Å². The maximum atomic E-state index is 11.7. The van der Waals surface area contributed by atoms with Crippen LogP contribution in [0.25, 0.3) is 0 Å². The van der Waals surface area contributed by atoms with Gasteiger partial charge in [0.2, 0.25) is 15.9 Å². The standard InChI is InChI=1S/C10H7Cl2NO4S/c11-8-2-1-6(5-7(8)10(12)15)13-9(14)3-4-18(13,16)17/h1-2,5H,3-4H2. The van der Waals surface area contributed by atoms with Gasteiger partial charge in [0.25, 0.3) is 5.24 Å². The highest BCUT2D eigenvalue weighted by Gasteiger charge is 2.36.